The first kappa shape index (κ1) is 13.0. The molecule has 0 radical (unpaired) electrons. The lowest BCUT2D eigenvalue weighted by molar-refractivity contribution is -0.141. The van der Waals surface area contributed by atoms with Crippen molar-refractivity contribution >= 4 is 17.6 Å². The highest BCUT2D eigenvalue weighted by atomic mass is 35.5. The molecule has 5 heteroatoms. The number of halogens is 1. The third-order valence-corrected chi connectivity index (χ3v) is 3.30. The van der Waals surface area contributed by atoms with Crippen LogP contribution in [-0.2, 0) is 16.0 Å². The Hall–Kier alpha value is -1.42. The number of rotatable bonds is 4. The summed E-state index contributed by atoms with van der Waals surface area (Å²) in [7, 11) is 3.10. The lowest BCUT2D eigenvalue weighted by Crippen LogP contribution is -2.10. The molecule has 0 N–H and O–H groups in total. The van der Waals surface area contributed by atoms with E-state index in [0.29, 0.717) is 29.5 Å². The normalized spacial score (nSPS) is 18.6. The van der Waals surface area contributed by atoms with Crippen molar-refractivity contribution in [3.05, 3.63) is 22.7 Å². The standard InChI is InChI=1S/C13H15ClO4/c1-16-11-7-8(6-10(14)12(11)17-2)5-9-3-4-18-13(9)15/h6-7,9H,3-5H2,1-2H3. The van der Waals surface area contributed by atoms with Gasteiger partial charge >= 0.3 is 5.97 Å². The monoisotopic (exact) mass is 270 g/mol. The summed E-state index contributed by atoms with van der Waals surface area (Å²) < 4.78 is 15.3. The molecule has 0 bridgehead atoms. The van der Waals surface area contributed by atoms with Gasteiger partial charge in [0.1, 0.15) is 0 Å². The number of carbonyl (C=O) groups excluding carboxylic acids is 1. The zero-order chi connectivity index (χ0) is 13.1. The zero-order valence-electron chi connectivity index (χ0n) is 10.4. The van der Waals surface area contributed by atoms with E-state index in [1.54, 1.807) is 13.2 Å². The second-order valence-corrected chi connectivity index (χ2v) is 4.58. The summed E-state index contributed by atoms with van der Waals surface area (Å²) in [6.45, 7) is 0.504. The highest BCUT2D eigenvalue weighted by Gasteiger charge is 2.27. The number of carbonyl (C=O) groups is 1. The predicted molar refractivity (Wildman–Crippen MR) is 67.3 cm³/mol. The van der Waals surface area contributed by atoms with Gasteiger partial charge in [-0.15, -0.1) is 0 Å². The Morgan fingerprint density at radius 3 is 2.72 bits per heavy atom. The molecule has 0 saturated carbocycles. The van der Waals surface area contributed by atoms with Crippen molar-refractivity contribution in [1.82, 2.24) is 0 Å². The average Bonchev–Trinajstić information content (AvgIpc) is 2.74. The van der Waals surface area contributed by atoms with Gasteiger partial charge in [-0.2, -0.15) is 0 Å². The summed E-state index contributed by atoms with van der Waals surface area (Å²) in [5.41, 5.74) is 0.946. The molecule has 0 aliphatic carbocycles. The van der Waals surface area contributed by atoms with Crippen molar-refractivity contribution in [3.8, 4) is 11.5 Å². The van der Waals surface area contributed by atoms with Gasteiger partial charge in [-0.25, -0.2) is 0 Å². The molecule has 0 spiro atoms. The van der Waals surface area contributed by atoms with Gasteiger partial charge in [0.25, 0.3) is 0 Å². The third kappa shape index (κ3) is 2.53. The molecule has 1 fully saturated rings. The van der Waals surface area contributed by atoms with Crippen molar-refractivity contribution in [1.29, 1.82) is 0 Å². The van der Waals surface area contributed by atoms with E-state index in [9.17, 15) is 4.79 Å². The fourth-order valence-electron chi connectivity index (χ4n) is 2.10. The number of esters is 1. The summed E-state index contributed by atoms with van der Waals surface area (Å²) in [5, 5.41) is 0.484. The topological polar surface area (TPSA) is 44.8 Å². The van der Waals surface area contributed by atoms with Gasteiger partial charge < -0.3 is 14.2 Å². The first-order chi connectivity index (χ1) is 8.65. The quantitative estimate of drug-likeness (QED) is 0.789. The molecule has 0 aromatic heterocycles. The van der Waals surface area contributed by atoms with E-state index in [-0.39, 0.29) is 11.9 Å². The lowest BCUT2D eigenvalue weighted by Gasteiger charge is -2.12. The minimum atomic E-state index is -0.138. The van der Waals surface area contributed by atoms with Crippen LogP contribution < -0.4 is 9.47 Å². The molecule has 0 amide bonds. The zero-order valence-corrected chi connectivity index (χ0v) is 11.1. The Morgan fingerprint density at radius 2 is 2.17 bits per heavy atom. The summed E-state index contributed by atoms with van der Waals surface area (Å²) in [4.78, 5) is 11.4. The fourth-order valence-corrected chi connectivity index (χ4v) is 2.41. The van der Waals surface area contributed by atoms with Crippen molar-refractivity contribution in [2.24, 2.45) is 5.92 Å². The molecule has 1 saturated heterocycles. The minimum Gasteiger partial charge on any atom is -0.493 e. The van der Waals surface area contributed by atoms with Gasteiger partial charge in [-0.3, -0.25) is 4.79 Å². The number of cyclic esters (lactones) is 1. The van der Waals surface area contributed by atoms with Gasteiger partial charge in [0.05, 0.1) is 31.8 Å². The van der Waals surface area contributed by atoms with Crippen molar-refractivity contribution in [3.63, 3.8) is 0 Å². The summed E-state index contributed by atoms with van der Waals surface area (Å²) in [5.74, 6) is 0.864. The van der Waals surface area contributed by atoms with Crippen LogP contribution in [0, 0.1) is 5.92 Å². The van der Waals surface area contributed by atoms with E-state index in [1.165, 1.54) is 7.11 Å². The molecule has 1 unspecified atom stereocenters. The Kier molecular flexibility index (Phi) is 3.97. The number of ether oxygens (including phenoxy) is 3. The maximum atomic E-state index is 11.4. The number of hydrogen-bond donors (Lipinski definition) is 0. The van der Waals surface area contributed by atoms with Crippen LogP contribution in [0.5, 0.6) is 11.5 Å². The van der Waals surface area contributed by atoms with Gasteiger partial charge in [0, 0.05) is 0 Å². The number of hydrogen-bond acceptors (Lipinski definition) is 4. The van der Waals surface area contributed by atoms with Crippen molar-refractivity contribution in [2.45, 2.75) is 12.8 Å². The Morgan fingerprint density at radius 1 is 1.39 bits per heavy atom. The molecule has 1 aromatic carbocycles. The second-order valence-electron chi connectivity index (χ2n) is 4.17. The maximum absolute atomic E-state index is 11.4. The highest BCUT2D eigenvalue weighted by molar-refractivity contribution is 6.32. The molecule has 2 rings (SSSR count). The van der Waals surface area contributed by atoms with Crippen LogP contribution in [0.15, 0.2) is 12.1 Å². The van der Waals surface area contributed by atoms with Crippen LogP contribution in [0.25, 0.3) is 0 Å². The van der Waals surface area contributed by atoms with Crippen LogP contribution in [0.3, 0.4) is 0 Å². The van der Waals surface area contributed by atoms with Crippen LogP contribution in [0.1, 0.15) is 12.0 Å². The van der Waals surface area contributed by atoms with Crippen LogP contribution in [-0.4, -0.2) is 26.8 Å². The molecule has 1 aromatic rings. The summed E-state index contributed by atoms with van der Waals surface area (Å²) in [6, 6.07) is 3.64. The Labute approximate surface area is 111 Å². The number of methoxy groups -OCH3 is 2. The molecule has 1 atom stereocenters. The average molecular weight is 271 g/mol. The molecular weight excluding hydrogens is 256 g/mol. The Balaban J connectivity index is 2.23. The first-order valence-electron chi connectivity index (χ1n) is 5.72. The molecular formula is C13H15ClO4. The minimum absolute atomic E-state index is 0.0841. The van der Waals surface area contributed by atoms with E-state index in [2.05, 4.69) is 0 Å². The van der Waals surface area contributed by atoms with E-state index in [0.717, 1.165) is 12.0 Å². The number of benzene rings is 1. The van der Waals surface area contributed by atoms with E-state index in [4.69, 9.17) is 25.8 Å². The van der Waals surface area contributed by atoms with Crippen LogP contribution in [0.2, 0.25) is 5.02 Å². The first-order valence-corrected chi connectivity index (χ1v) is 6.10. The summed E-state index contributed by atoms with van der Waals surface area (Å²) in [6.07, 6.45) is 1.36. The molecule has 1 heterocycles. The van der Waals surface area contributed by atoms with Gasteiger partial charge in [0.2, 0.25) is 0 Å². The predicted octanol–water partition coefficient (Wildman–Crippen LogP) is 2.46. The molecule has 98 valence electrons. The van der Waals surface area contributed by atoms with Crippen molar-refractivity contribution in [2.75, 3.05) is 20.8 Å². The molecule has 4 nitrogen and oxygen atoms in total. The molecule has 1 aliphatic heterocycles. The second kappa shape index (κ2) is 5.48. The largest absolute Gasteiger partial charge is 0.493 e. The van der Waals surface area contributed by atoms with E-state index >= 15 is 0 Å². The Bertz CT molecular complexity index is 459. The SMILES string of the molecule is COc1cc(CC2CCOC2=O)cc(Cl)c1OC. The molecule has 18 heavy (non-hydrogen) atoms. The maximum Gasteiger partial charge on any atom is 0.309 e. The van der Waals surface area contributed by atoms with E-state index in [1.807, 2.05) is 6.07 Å². The van der Waals surface area contributed by atoms with Crippen LogP contribution >= 0.6 is 11.6 Å². The van der Waals surface area contributed by atoms with Crippen LogP contribution in [0.4, 0.5) is 0 Å². The highest BCUT2D eigenvalue weighted by Crippen LogP contribution is 2.37. The molecule has 1 aliphatic rings. The smallest absolute Gasteiger partial charge is 0.309 e. The van der Waals surface area contributed by atoms with E-state index < -0.39 is 0 Å². The van der Waals surface area contributed by atoms with Gasteiger partial charge in [-0.05, 0) is 30.5 Å². The van der Waals surface area contributed by atoms with Crippen molar-refractivity contribution < 1.29 is 19.0 Å². The third-order valence-electron chi connectivity index (χ3n) is 3.02. The summed E-state index contributed by atoms with van der Waals surface area (Å²) >= 11 is 6.11. The van der Waals surface area contributed by atoms with Gasteiger partial charge in [0.15, 0.2) is 11.5 Å². The van der Waals surface area contributed by atoms with Gasteiger partial charge in [-0.1, -0.05) is 11.6 Å². The lowest BCUT2D eigenvalue weighted by atomic mass is 9.98. The fraction of sp³-hybridized carbons (Fsp3) is 0.462.